The molecule has 1 aliphatic rings. The van der Waals surface area contributed by atoms with E-state index < -0.39 is 10.0 Å². The minimum atomic E-state index is -3.18. The molecule has 1 atom stereocenters. The van der Waals surface area contributed by atoms with Crippen molar-refractivity contribution < 1.29 is 18.0 Å². The van der Waals surface area contributed by atoms with Gasteiger partial charge in [0.1, 0.15) is 0 Å². The van der Waals surface area contributed by atoms with E-state index in [1.807, 2.05) is 0 Å². The molecule has 0 radical (unpaired) electrons. The van der Waals surface area contributed by atoms with Gasteiger partial charge in [0.2, 0.25) is 15.9 Å². The summed E-state index contributed by atoms with van der Waals surface area (Å²) in [6, 6.07) is 6.72. The highest BCUT2D eigenvalue weighted by Crippen LogP contribution is 2.18. The van der Waals surface area contributed by atoms with Crippen LogP contribution in [0.4, 0.5) is 10.5 Å². The number of piperidine rings is 1. The van der Waals surface area contributed by atoms with Crippen LogP contribution in [0.1, 0.15) is 18.4 Å². The molecule has 2 rings (SSSR count). The molecule has 0 spiro atoms. The lowest BCUT2D eigenvalue weighted by atomic mass is 10.00. The highest BCUT2D eigenvalue weighted by atomic mass is 32.2. The number of nitrogens with zero attached hydrogens (tertiary/aromatic N) is 1. The SMILES string of the molecule is CNC(=O)Cc1ccc(NC(=O)NC[C@@H]2CCCN(S(C)(=O)=O)C2)cc1. The first-order chi connectivity index (χ1) is 12.3. The molecule has 0 aromatic heterocycles. The zero-order valence-electron chi connectivity index (χ0n) is 15.1. The van der Waals surface area contributed by atoms with Crippen molar-refractivity contribution in [2.45, 2.75) is 19.3 Å². The molecule has 144 valence electrons. The number of likely N-dealkylation sites (N-methyl/N-ethyl adjacent to an activating group) is 1. The molecule has 1 fully saturated rings. The van der Waals surface area contributed by atoms with E-state index in [4.69, 9.17) is 0 Å². The zero-order valence-corrected chi connectivity index (χ0v) is 15.9. The van der Waals surface area contributed by atoms with Gasteiger partial charge >= 0.3 is 6.03 Å². The normalized spacial score (nSPS) is 18.2. The first-order valence-electron chi connectivity index (χ1n) is 8.57. The third-order valence-electron chi connectivity index (χ3n) is 4.36. The van der Waals surface area contributed by atoms with Crippen molar-refractivity contribution in [3.8, 4) is 0 Å². The van der Waals surface area contributed by atoms with E-state index >= 15 is 0 Å². The maximum Gasteiger partial charge on any atom is 0.319 e. The summed E-state index contributed by atoms with van der Waals surface area (Å²) < 4.78 is 24.7. The van der Waals surface area contributed by atoms with Crippen LogP contribution in [-0.2, 0) is 21.2 Å². The number of carbonyl (C=O) groups is 2. The third kappa shape index (κ3) is 6.30. The number of urea groups is 1. The Morgan fingerprint density at radius 1 is 1.23 bits per heavy atom. The molecule has 26 heavy (non-hydrogen) atoms. The van der Waals surface area contributed by atoms with Gasteiger partial charge in [-0.3, -0.25) is 4.79 Å². The summed E-state index contributed by atoms with van der Waals surface area (Å²) >= 11 is 0. The van der Waals surface area contributed by atoms with Crippen molar-refractivity contribution in [3.05, 3.63) is 29.8 Å². The zero-order chi connectivity index (χ0) is 19.2. The van der Waals surface area contributed by atoms with Crippen LogP contribution >= 0.6 is 0 Å². The lowest BCUT2D eigenvalue weighted by molar-refractivity contribution is -0.119. The Balaban J connectivity index is 1.79. The van der Waals surface area contributed by atoms with Crippen molar-refractivity contribution in [1.82, 2.24) is 14.9 Å². The topological polar surface area (TPSA) is 108 Å². The molecular formula is C17H26N4O4S. The van der Waals surface area contributed by atoms with Gasteiger partial charge in [0.15, 0.2) is 0 Å². The van der Waals surface area contributed by atoms with Crippen LogP contribution in [0.5, 0.6) is 0 Å². The highest BCUT2D eigenvalue weighted by molar-refractivity contribution is 7.88. The molecule has 1 aliphatic heterocycles. The average Bonchev–Trinajstić information content (AvgIpc) is 2.61. The van der Waals surface area contributed by atoms with Gasteiger partial charge in [0, 0.05) is 32.4 Å². The monoisotopic (exact) mass is 382 g/mol. The number of hydrogen-bond donors (Lipinski definition) is 3. The van der Waals surface area contributed by atoms with E-state index in [9.17, 15) is 18.0 Å². The molecule has 0 aliphatic carbocycles. The van der Waals surface area contributed by atoms with Crippen molar-refractivity contribution in [2.75, 3.05) is 38.3 Å². The van der Waals surface area contributed by atoms with E-state index in [0.717, 1.165) is 18.4 Å². The molecule has 1 aromatic rings. The first kappa shape index (κ1) is 20.2. The largest absolute Gasteiger partial charge is 0.359 e. The number of amides is 3. The van der Waals surface area contributed by atoms with Gasteiger partial charge in [-0.1, -0.05) is 12.1 Å². The minimum Gasteiger partial charge on any atom is -0.359 e. The Bertz CT molecular complexity index is 734. The second-order valence-corrected chi connectivity index (χ2v) is 8.49. The Morgan fingerprint density at radius 3 is 2.54 bits per heavy atom. The molecule has 1 heterocycles. The van der Waals surface area contributed by atoms with Crippen LogP contribution in [0, 0.1) is 5.92 Å². The van der Waals surface area contributed by atoms with Gasteiger partial charge in [-0.05, 0) is 36.5 Å². The van der Waals surface area contributed by atoms with Crippen LogP contribution in [-0.4, -0.2) is 57.6 Å². The van der Waals surface area contributed by atoms with Gasteiger partial charge in [0.05, 0.1) is 12.7 Å². The van der Waals surface area contributed by atoms with Gasteiger partial charge in [-0.2, -0.15) is 0 Å². The Morgan fingerprint density at radius 2 is 1.92 bits per heavy atom. The lowest BCUT2D eigenvalue weighted by Crippen LogP contribution is -2.43. The molecule has 0 saturated carbocycles. The van der Waals surface area contributed by atoms with Crippen LogP contribution in [0.3, 0.4) is 0 Å². The molecule has 0 unspecified atom stereocenters. The number of hydrogen-bond acceptors (Lipinski definition) is 4. The summed E-state index contributed by atoms with van der Waals surface area (Å²) in [6.07, 6.45) is 3.19. The highest BCUT2D eigenvalue weighted by Gasteiger charge is 2.25. The van der Waals surface area contributed by atoms with Crippen LogP contribution in [0.25, 0.3) is 0 Å². The summed E-state index contributed by atoms with van der Waals surface area (Å²) in [5.41, 5.74) is 1.49. The first-order valence-corrected chi connectivity index (χ1v) is 10.4. The van der Waals surface area contributed by atoms with E-state index in [-0.39, 0.29) is 17.9 Å². The van der Waals surface area contributed by atoms with E-state index in [0.29, 0.717) is 31.7 Å². The van der Waals surface area contributed by atoms with Gasteiger partial charge in [0.25, 0.3) is 0 Å². The predicted octanol–water partition coefficient (Wildman–Crippen LogP) is 0.768. The second kappa shape index (κ2) is 9.00. The fraction of sp³-hybridized carbons (Fsp3) is 0.529. The Hall–Kier alpha value is -2.13. The van der Waals surface area contributed by atoms with Crippen LogP contribution < -0.4 is 16.0 Å². The van der Waals surface area contributed by atoms with Gasteiger partial charge in [-0.25, -0.2) is 17.5 Å². The Labute approximate surface area is 154 Å². The Kier molecular flexibility index (Phi) is 6.98. The molecule has 3 N–H and O–H groups in total. The molecule has 1 aromatic carbocycles. The summed E-state index contributed by atoms with van der Waals surface area (Å²) in [4.78, 5) is 23.4. The quantitative estimate of drug-likeness (QED) is 0.675. The summed E-state index contributed by atoms with van der Waals surface area (Å²) in [6.45, 7) is 1.41. The maximum atomic E-state index is 12.0. The van der Waals surface area contributed by atoms with E-state index in [1.165, 1.54) is 10.6 Å². The number of benzene rings is 1. The molecule has 9 heteroatoms. The summed E-state index contributed by atoms with van der Waals surface area (Å²) in [7, 11) is -1.60. The van der Waals surface area contributed by atoms with E-state index in [2.05, 4.69) is 16.0 Å². The molecule has 1 saturated heterocycles. The summed E-state index contributed by atoms with van der Waals surface area (Å²) in [5.74, 6) is 0.0400. The average molecular weight is 382 g/mol. The van der Waals surface area contributed by atoms with Crippen LogP contribution in [0.2, 0.25) is 0 Å². The molecule has 0 bridgehead atoms. The third-order valence-corrected chi connectivity index (χ3v) is 5.63. The number of carbonyl (C=O) groups excluding carboxylic acids is 2. The van der Waals surface area contributed by atoms with Crippen molar-refractivity contribution in [3.63, 3.8) is 0 Å². The fourth-order valence-electron chi connectivity index (χ4n) is 2.89. The van der Waals surface area contributed by atoms with E-state index in [1.54, 1.807) is 31.3 Å². The number of sulfonamides is 1. The lowest BCUT2D eigenvalue weighted by Gasteiger charge is -2.30. The maximum absolute atomic E-state index is 12.0. The number of nitrogens with one attached hydrogen (secondary N) is 3. The van der Waals surface area contributed by atoms with Crippen molar-refractivity contribution >= 4 is 27.6 Å². The standard InChI is InChI=1S/C17H26N4O4S/c1-18-16(22)10-13-5-7-15(8-6-13)20-17(23)19-11-14-4-3-9-21(12-14)26(2,24)25/h5-8,14H,3-4,9-12H2,1-2H3,(H,18,22)(H2,19,20,23)/t14-/m0/s1. The van der Waals surface area contributed by atoms with Crippen molar-refractivity contribution in [1.29, 1.82) is 0 Å². The molecular weight excluding hydrogens is 356 g/mol. The smallest absolute Gasteiger partial charge is 0.319 e. The number of rotatable bonds is 6. The molecule has 8 nitrogen and oxygen atoms in total. The minimum absolute atomic E-state index is 0.0703. The second-order valence-electron chi connectivity index (χ2n) is 6.51. The predicted molar refractivity (Wildman–Crippen MR) is 100 cm³/mol. The number of anilines is 1. The van der Waals surface area contributed by atoms with Crippen molar-refractivity contribution in [2.24, 2.45) is 5.92 Å². The van der Waals surface area contributed by atoms with Crippen LogP contribution in [0.15, 0.2) is 24.3 Å². The summed E-state index contributed by atoms with van der Waals surface area (Å²) in [5, 5.41) is 8.09. The van der Waals surface area contributed by atoms with Gasteiger partial charge in [-0.15, -0.1) is 0 Å². The molecule has 3 amide bonds. The van der Waals surface area contributed by atoms with Gasteiger partial charge < -0.3 is 16.0 Å². The fourth-order valence-corrected chi connectivity index (χ4v) is 3.83.